The zero-order chi connectivity index (χ0) is 29.9. The van der Waals surface area contributed by atoms with Gasteiger partial charge < -0.3 is 36.8 Å². The first-order chi connectivity index (χ1) is 19.6. The Morgan fingerprint density at radius 2 is 1.66 bits per heavy atom. The minimum absolute atomic E-state index is 0.0247. The number of aromatic nitrogens is 3. The quantitative estimate of drug-likeness (QED) is 0.131. The summed E-state index contributed by atoms with van der Waals surface area (Å²) >= 11 is 1.51. The number of carboxylic acid groups (broad SMARTS) is 1. The van der Waals surface area contributed by atoms with Gasteiger partial charge in [0.2, 0.25) is 17.7 Å². The largest absolute Gasteiger partial charge is 0.480 e. The van der Waals surface area contributed by atoms with Crippen LogP contribution < -0.4 is 21.7 Å². The number of nitrogens with one attached hydrogen (secondary N) is 5. The highest BCUT2D eigenvalue weighted by Gasteiger charge is 2.31. The average Bonchev–Trinajstić information content (AvgIpc) is 3.59. The number of aromatic amines is 2. The number of amides is 3. The minimum atomic E-state index is -1.16. The van der Waals surface area contributed by atoms with Crippen molar-refractivity contribution < 1.29 is 24.3 Å². The Bertz CT molecular complexity index is 1310. The molecule has 0 aliphatic carbocycles. The molecule has 2 heterocycles. The smallest absolute Gasteiger partial charge is 0.326 e. The first-order valence-corrected chi connectivity index (χ1v) is 14.9. The van der Waals surface area contributed by atoms with E-state index in [4.69, 9.17) is 5.73 Å². The number of imidazole rings is 1. The van der Waals surface area contributed by atoms with Crippen LogP contribution in [-0.2, 0) is 32.0 Å². The molecule has 4 atom stereocenters. The molecule has 0 saturated carbocycles. The lowest BCUT2D eigenvalue weighted by Crippen LogP contribution is -2.58. The van der Waals surface area contributed by atoms with Crippen LogP contribution in [0.5, 0.6) is 0 Å². The molecular weight excluding hydrogens is 546 g/mol. The predicted molar refractivity (Wildman–Crippen MR) is 158 cm³/mol. The summed E-state index contributed by atoms with van der Waals surface area (Å²) in [5, 5.41) is 18.6. The second-order valence-corrected chi connectivity index (χ2v) is 11.4. The van der Waals surface area contributed by atoms with E-state index in [1.165, 1.54) is 24.3 Å². The zero-order valence-corrected chi connectivity index (χ0v) is 24.3. The molecule has 0 aliphatic rings. The summed E-state index contributed by atoms with van der Waals surface area (Å²) in [4.78, 5) is 61.5. The van der Waals surface area contributed by atoms with Gasteiger partial charge in [0.25, 0.3) is 0 Å². The highest BCUT2D eigenvalue weighted by Crippen LogP contribution is 2.19. The Labute approximate surface area is 243 Å². The fourth-order valence-electron chi connectivity index (χ4n) is 4.48. The highest BCUT2D eigenvalue weighted by atomic mass is 32.2. The Morgan fingerprint density at radius 1 is 0.976 bits per heavy atom. The van der Waals surface area contributed by atoms with Crippen molar-refractivity contribution in [1.82, 2.24) is 30.9 Å². The van der Waals surface area contributed by atoms with Crippen molar-refractivity contribution in [3.05, 3.63) is 54.2 Å². The number of fused-ring (bicyclic) bond motifs is 1. The van der Waals surface area contributed by atoms with Crippen molar-refractivity contribution in [1.29, 1.82) is 0 Å². The van der Waals surface area contributed by atoms with Crippen molar-refractivity contribution in [3.63, 3.8) is 0 Å². The molecule has 0 spiro atoms. The van der Waals surface area contributed by atoms with E-state index < -0.39 is 47.9 Å². The van der Waals surface area contributed by atoms with Crippen LogP contribution in [0.4, 0.5) is 0 Å². The SMILES string of the molecule is CSCCC(NC(=O)C(N)Cc1c[nH]c2ccccc12)C(=O)NC(Cc1cnc[nH]1)C(=O)NC(CC(C)C)C(=O)O. The van der Waals surface area contributed by atoms with E-state index in [9.17, 15) is 24.3 Å². The highest BCUT2D eigenvalue weighted by molar-refractivity contribution is 7.98. The van der Waals surface area contributed by atoms with Gasteiger partial charge in [0.15, 0.2) is 0 Å². The van der Waals surface area contributed by atoms with Crippen LogP contribution in [-0.4, -0.2) is 79.9 Å². The summed E-state index contributed by atoms with van der Waals surface area (Å²) in [7, 11) is 0. The topological polar surface area (TPSA) is 195 Å². The lowest BCUT2D eigenvalue weighted by Gasteiger charge is -2.25. The molecule has 3 amide bonds. The van der Waals surface area contributed by atoms with Gasteiger partial charge in [-0.15, -0.1) is 0 Å². The normalized spacial score (nSPS) is 14.3. The third kappa shape index (κ3) is 9.35. The average molecular weight is 586 g/mol. The van der Waals surface area contributed by atoms with E-state index in [2.05, 4.69) is 30.9 Å². The van der Waals surface area contributed by atoms with Crippen LogP contribution in [0.25, 0.3) is 10.9 Å². The minimum Gasteiger partial charge on any atom is -0.480 e. The molecule has 0 radical (unpaired) electrons. The van der Waals surface area contributed by atoms with E-state index in [1.54, 1.807) is 0 Å². The number of hydrogen-bond acceptors (Lipinski definition) is 7. The van der Waals surface area contributed by atoms with Gasteiger partial charge in [0.1, 0.15) is 18.1 Å². The monoisotopic (exact) mass is 585 g/mol. The molecule has 0 fully saturated rings. The molecule has 1 aromatic carbocycles. The molecule has 13 heteroatoms. The molecule has 222 valence electrons. The third-order valence-corrected chi connectivity index (χ3v) is 7.27. The summed E-state index contributed by atoms with van der Waals surface area (Å²) in [5.74, 6) is -2.27. The Balaban J connectivity index is 1.72. The number of nitrogens with zero attached hydrogens (tertiary/aromatic N) is 1. The van der Waals surface area contributed by atoms with Crippen molar-refractivity contribution >= 4 is 46.4 Å². The molecule has 3 aromatic rings. The summed E-state index contributed by atoms with van der Waals surface area (Å²) in [6.45, 7) is 3.71. The maximum atomic E-state index is 13.4. The van der Waals surface area contributed by atoms with Crippen LogP contribution in [0.15, 0.2) is 43.0 Å². The second-order valence-electron chi connectivity index (χ2n) is 10.4. The standard InChI is InChI=1S/C28H39N7O5S/c1-16(2)10-24(28(39)40)35-27(38)23(12-18-14-30-15-32-18)34-26(37)22(8-9-41-3)33-25(36)20(29)11-17-13-31-21-7-5-4-6-19(17)21/h4-7,13-16,20,22-24,31H,8-12,29H2,1-3H3,(H,30,32)(H,33,36)(H,34,37)(H,35,38)(H,39,40). The van der Waals surface area contributed by atoms with Crippen molar-refractivity contribution in [2.45, 2.75) is 63.7 Å². The van der Waals surface area contributed by atoms with Crippen LogP contribution in [0, 0.1) is 5.92 Å². The molecule has 8 N–H and O–H groups in total. The van der Waals surface area contributed by atoms with Crippen LogP contribution in [0.1, 0.15) is 37.9 Å². The van der Waals surface area contributed by atoms with Crippen LogP contribution in [0.2, 0.25) is 0 Å². The molecule has 2 aromatic heterocycles. The number of rotatable bonds is 16. The third-order valence-electron chi connectivity index (χ3n) is 6.63. The number of carboxylic acids is 1. The number of nitrogens with two attached hydrogens (primary N) is 1. The van der Waals surface area contributed by atoms with E-state index in [-0.39, 0.29) is 25.2 Å². The maximum Gasteiger partial charge on any atom is 0.326 e. The van der Waals surface area contributed by atoms with E-state index in [0.717, 1.165) is 16.5 Å². The second kappa shape index (κ2) is 15.2. The Hall–Kier alpha value is -3.84. The fraction of sp³-hybridized carbons (Fsp3) is 0.464. The fourth-order valence-corrected chi connectivity index (χ4v) is 4.95. The zero-order valence-electron chi connectivity index (χ0n) is 23.5. The predicted octanol–water partition coefficient (Wildman–Crippen LogP) is 1.34. The number of benzene rings is 1. The molecule has 12 nitrogen and oxygen atoms in total. The lowest BCUT2D eigenvalue weighted by molar-refractivity contribution is -0.142. The van der Waals surface area contributed by atoms with Gasteiger partial charge in [0, 0.05) is 35.4 Å². The van der Waals surface area contributed by atoms with Crippen molar-refractivity contribution in [2.75, 3.05) is 12.0 Å². The Kier molecular flexibility index (Phi) is 11.8. The van der Waals surface area contributed by atoms with E-state index in [0.29, 0.717) is 17.9 Å². The van der Waals surface area contributed by atoms with Crippen LogP contribution >= 0.6 is 11.8 Å². The number of hydrogen-bond donors (Lipinski definition) is 7. The summed E-state index contributed by atoms with van der Waals surface area (Å²) in [6, 6.07) is 3.62. The number of carbonyl (C=O) groups is 4. The van der Waals surface area contributed by atoms with Gasteiger partial charge in [-0.2, -0.15) is 11.8 Å². The first kappa shape index (κ1) is 31.7. The molecule has 0 aliphatic heterocycles. The number of thioether (sulfide) groups is 1. The Morgan fingerprint density at radius 3 is 2.32 bits per heavy atom. The van der Waals surface area contributed by atoms with Crippen LogP contribution in [0.3, 0.4) is 0 Å². The summed E-state index contributed by atoms with van der Waals surface area (Å²) in [5.41, 5.74) is 8.65. The number of carbonyl (C=O) groups excluding carboxylic acids is 3. The molecular formula is C28H39N7O5S. The molecule has 0 saturated heterocycles. The van der Waals surface area contributed by atoms with Crippen molar-refractivity contribution in [2.24, 2.45) is 11.7 Å². The first-order valence-electron chi connectivity index (χ1n) is 13.5. The van der Waals surface area contributed by atoms with Gasteiger partial charge >= 0.3 is 5.97 Å². The van der Waals surface area contributed by atoms with Gasteiger partial charge in [-0.25, -0.2) is 9.78 Å². The molecule has 0 bridgehead atoms. The molecule has 41 heavy (non-hydrogen) atoms. The molecule has 4 unspecified atom stereocenters. The number of aliphatic carboxylic acids is 1. The molecule has 3 rings (SSSR count). The van der Waals surface area contributed by atoms with Gasteiger partial charge in [-0.3, -0.25) is 14.4 Å². The van der Waals surface area contributed by atoms with Crippen molar-refractivity contribution in [3.8, 4) is 0 Å². The maximum absolute atomic E-state index is 13.4. The van der Waals surface area contributed by atoms with Gasteiger partial charge in [-0.05, 0) is 48.8 Å². The number of para-hydroxylation sites is 1. The number of H-pyrrole nitrogens is 2. The van der Waals surface area contributed by atoms with E-state index in [1.807, 2.05) is 50.6 Å². The lowest BCUT2D eigenvalue weighted by atomic mass is 10.0. The van der Waals surface area contributed by atoms with E-state index >= 15 is 0 Å². The van der Waals surface area contributed by atoms with Gasteiger partial charge in [-0.1, -0.05) is 32.0 Å². The summed E-state index contributed by atoms with van der Waals surface area (Å²) in [6.07, 6.45) is 7.52. The van der Waals surface area contributed by atoms with Gasteiger partial charge in [0.05, 0.1) is 12.4 Å². The summed E-state index contributed by atoms with van der Waals surface area (Å²) < 4.78 is 0.